The van der Waals surface area contributed by atoms with E-state index >= 15 is 0 Å². The Kier molecular flexibility index (Phi) is 3.82. The first-order chi connectivity index (χ1) is 11.2. The van der Waals surface area contributed by atoms with Gasteiger partial charge in [-0.15, -0.1) is 10.2 Å². The molecule has 118 valence electrons. The van der Waals surface area contributed by atoms with Crippen molar-refractivity contribution in [2.24, 2.45) is 7.05 Å². The largest absolute Gasteiger partial charge is 0.338 e. The predicted octanol–water partition coefficient (Wildman–Crippen LogP) is 3.69. The predicted molar refractivity (Wildman–Crippen MR) is 87.3 cm³/mol. The zero-order chi connectivity index (χ0) is 15.8. The Morgan fingerprint density at radius 1 is 1.35 bits per heavy atom. The Hall–Kier alpha value is -1.86. The first-order valence-electron chi connectivity index (χ1n) is 7.31. The quantitative estimate of drug-likeness (QED) is 0.655. The first kappa shape index (κ1) is 14.7. The lowest BCUT2D eigenvalue weighted by Gasteiger charge is -2.00. The fraction of sp³-hybridized carbons (Fsp3) is 0.333. The number of halogens is 1. The van der Waals surface area contributed by atoms with E-state index in [1.54, 1.807) is 11.8 Å². The van der Waals surface area contributed by atoms with Crippen molar-refractivity contribution < 1.29 is 4.52 Å². The lowest BCUT2D eigenvalue weighted by Crippen LogP contribution is -1.97. The molecule has 1 saturated carbocycles. The van der Waals surface area contributed by atoms with E-state index in [4.69, 9.17) is 16.1 Å². The third-order valence-corrected chi connectivity index (χ3v) is 4.93. The molecule has 4 rings (SSSR count). The molecule has 0 unspecified atom stereocenters. The van der Waals surface area contributed by atoms with Crippen molar-refractivity contribution in [1.82, 2.24) is 24.9 Å². The van der Waals surface area contributed by atoms with Crippen LogP contribution < -0.4 is 0 Å². The maximum atomic E-state index is 5.98. The summed E-state index contributed by atoms with van der Waals surface area (Å²) in [6.07, 6.45) is 2.42. The van der Waals surface area contributed by atoms with Crippen LogP contribution in [0.25, 0.3) is 11.4 Å². The van der Waals surface area contributed by atoms with Gasteiger partial charge in [-0.3, -0.25) is 0 Å². The smallest absolute Gasteiger partial charge is 0.237 e. The number of aromatic nitrogens is 5. The molecular weight excluding hydrogens is 334 g/mol. The molecular formula is C15H14ClN5OS. The summed E-state index contributed by atoms with van der Waals surface area (Å²) < 4.78 is 7.36. The van der Waals surface area contributed by atoms with Gasteiger partial charge in [0, 0.05) is 23.6 Å². The van der Waals surface area contributed by atoms with Gasteiger partial charge in [0.15, 0.2) is 5.16 Å². The Bertz CT molecular complexity index is 842. The van der Waals surface area contributed by atoms with Crippen molar-refractivity contribution in [3.8, 4) is 11.4 Å². The van der Waals surface area contributed by atoms with Gasteiger partial charge in [-0.25, -0.2) is 0 Å². The number of thioether (sulfide) groups is 1. The molecule has 0 bridgehead atoms. The van der Waals surface area contributed by atoms with E-state index in [0.29, 0.717) is 28.4 Å². The third kappa shape index (κ3) is 3.11. The van der Waals surface area contributed by atoms with Crippen LogP contribution in [0.4, 0.5) is 0 Å². The fourth-order valence-electron chi connectivity index (χ4n) is 2.33. The lowest BCUT2D eigenvalue weighted by atomic mass is 10.2. The van der Waals surface area contributed by atoms with Gasteiger partial charge < -0.3 is 9.09 Å². The van der Waals surface area contributed by atoms with Gasteiger partial charge >= 0.3 is 0 Å². The summed E-state index contributed by atoms with van der Waals surface area (Å²) >= 11 is 7.53. The standard InChI is InChI=1S/C15H14ClN5OS/c1-21-14(9-5-6-9)18-19-15(21)23-8-12-17-13(20-22-12)10-3-2-4-11(16)7-10/h2-4,7,9H,5-6,8H2,1H3. The highest BCUT2D eigenvalue weighted by Crippen LogP contribution is 2.39. The van der Waals surface area contributed by atoms with Crippen LogP contribution in [-0.4, -0.2) is 24.9 Å². The highest BCUT2D eigenvalue weighted by atomic mass is 35.5. The first-order valence-corrected chi connectivity index (χ1v) is 8.67. The van der Waals surface area contributed by atoms with Crippen LogP contribution in [0.1, 0.15) is 30.5 Å². The summed E-state index contributed by atoms with van der Waals surface area (Å²) in [6, 6.07) is 7.39. The van der Waals surface area contributed by atoms with Gasteiger partial charge in [-0.1, -0.05) is 40.7 Å². The van der Waals surface area contributed by atoms with E-state index in [-0.39, 0.29) is 0 Å². The summed E-state index contributed by atoms with van der Waals surface area (Å²) in [5.74, 6) is 3.31. The molecule has 0 aliphatic heterocycles. The van der Waals surface area contributed by atoms with Gasteiger partial charge in [-0.2, -0.15) is 4.98 Å². The SMILES string of the molecule is Cn1c(SCc2nc(-c3cccc(Cl)c3)no2)nnc1C1CC1. The minimum atomic E-state index is 0.541. The maximum Gasteiger partial charge on any atom is 0.237 e. The number of hydrogen-bond donors (Lipinski definition) is 0. The van der Waals surface area contributed by atoms with Gasteiger partial charge in [0.05, 0.1) is 5.75 Å². The zero-order valence-corrected chi connectivity index (χ0v) is 14.0. The molecule has 0 saturated heterocycles. The molecule has 1 fully saturated rings. The van der Waals surface area contributed by atoms with Crippen LogP contribution in [0.2, 0.25) is 5.02 Å². The Morgan fingerprint density at radius 2 is 2.22 bits per heavy atom. The Balaban J connectivity index is 1.46. The molecule has 0 N–H and O–H groups in total. The number of nitrogens with zero attached hydrogens (tertiary/aromatic N) is 5. The monoisotopic (exact) mass is 347 g/mol. The average Bonchev–Trinajstić information content (AvgIpc) is 3.16. The summed E-state index contributed by atoms with van der Waals surface area (Å²) in [7, 11) is 2.00. The van der Waals surface area contributed by atoms with Crippen molar-refractivity contribution in [3.63, 3.8) is 0 Å². The molecule has 0 atom stereocenters. The molecule has 0 spiro atoms. The topological polar surface area (TPSA) is 69.6 Å². The highest BCUT2D eigenvalue weighted by Gasteiger charge is 2.29. The van der Waals surface area contributed by atoms with E-state index in [1.165, 1.54) is 12.8 Å². The summed E-state index contributed by atoms with van der Waals surface area (Å²) in [5.41, 5.74) is 0.840. The van der Waals surface area contributed by atoms with Crippen LogP contribution in [0, 0.1) is 0 Å². The number of rotatable bonds is 5. The highest BCUT2D eigenvalue weighted by molar-refractivity contribution is 7.98. The van der Waals surface area contributed by atoms with Crippen molar-refractivity contribution in [3.05, 3.63) is 41.0 Å². The second kappa shape index (κ2) is 5.98. The van der Waals surface area contributed by atoms with Gasteiger partial charge in [0.1, 0.15) is 5.82 Å². The Morgan fingerprint density at radius 3 is 3.00 bits per heavy atom. The van der Waals surface area contributed by atoms with Crippen LogP contribution in [0.15, 0.2) is 33.9 Å². The van der Waals surface area contributed by atoms with Gasteiger partial charge in [-0.05, 0) is 25.0 Å². The molecule has 0 radical (unpaired) electrons. The fourth-order valence-corrected chi connectivity index (χ4v) is 3.28. The third-order valence-electron chi connectivity index (χ3n) is 3.69. The minimum absolute atomic E-state index is 0.541. The van der Waals surface area contributed by atoms with Crippen molar-refractivity contribution >= 4 is 23.4 Å². The van der Waals surface area contributed by atoms with E-state index in [1.807, 2.05) is 31.3 Å². The van der Waals surface area contributed by atoms with Gasteiger partial charge in [0.25, 0.3) is 0 Å². The Labute approximate surface area is 142 Å². The molecule has 8 heteroatoms. The van der Waals surface area contributed by atoms with Crippen LogP contribution in [0.5, 0.6) is 0 Å². The van der Waals surface area contributed by atoms with Crippen LogP contribution >= 0.6 is 23.4 Å². The summed E-state index contributed by atoms with van der Waals surface area (Å²) in [4.78, 5) is 4.41. The number of hydrogen-bond acceptors (Lipinski definition) is 6. The summed E-state index contributed by atoms with van der Waals surface area (Å²) in [6.45, 7) is 0. The summed E-state index contributed by atoms with van der Waals surface area (Å²) in [5, 5.41) is 14.0. The zero-order valence-electron chi connectivity index (χ0n) is 12.4. The molecule has 3 aromatic rings. The van der Waals surface area contributed by atoms with Gasteiger partial charge in [0.2, 0.25) is 11.7 Å². The second-order valence-corrected chi connectivity index (χ2v) is 6.86. The van der Waals surface area contributed by atoms with Crippen LogP contribution in [0.3, 0.4) is 0 Å². The van der Waals surface area contributed by atoms with E-state index < -0.39 is 0 Å². The van der Waals surface area contributed by atoms with Crippen molar-refractivity contribution in [1.29, 1.82) is 0 Å². The molecule has 1 aromatic carbocycles. The number of benzene rings is 1. The average molecular weight is 348 g/mol. The van der Waals surface area contributed by atoms with E-state index in [9.17, 15) is 0 Å². The van der Waals surface area contributed by atoms with Crippen molar-refractivity contribution in [2.75, 3.05) is 0 Å². The normalized spacial score (nSPS) is 14.3. The molecule has 6 nitrogen and oxygen atoms in total. The van der Waals surface area contributed by atoms with E-state index in [0.717, 1.165) is 16.5 Å². The lowest BCUT2D eigenvalue weighted by molar-refractivity contribution is 0.391. The molecule has 0 amide bonds. The molecule has 23 heavy (non-hydrogen) atoms. The molecule has 1 aliphatic rings. The van der Waals surface area contributed by atoms with Crippen molar-refractivity contribution in [2.45, 2.75) is 29.7 Å². The molecule has 2 heterocycles. The second-order valence-electron chi connectivity index (χ2n) is 5.48. The maximum absolute atomic E-state index is 5.98. The molecule has 2 aromatic heterocycles. The van der Waals surface area contributed by atoms with E-state index in [2.05, 4.69) is 24.9 Å². The molecule has 1 aliphatic carbocycles. The minimum Gasteiger partial charge on any atom is -0.338 e. The van der Waals surface area contributed by atoms with Crippen LogP contribution in [-0.2, 0) is 12.8 Å².